The first-order valence-corrected chi connectivity index (χ1v) is 9.49. The van der Waals surface area contributed by atoms with Crippen molar-refractivity contribution in [3.63, 3.8) is 0 Å². The number of ether oxygens (including phenoxy) is 1. The van der Waals surface area contributed by atoms with Gasteiger partial charge in [0.05, 0.1) is 6.61 Å². The maximum absolute atomic E-state index is 10.8. The molecule has 5 atom stereocenters. The number of phenols is 1. The summed E-state index contributed by atoms with van der Waals surface area (Å²) in [5.74, 6) is 0.0822. The van der Waals surface area contributed by atoms with Gasteiger partial charge < -0.3 is 30.3 Å². The van der Waals surface area contributed by atoms with Gasteiger partial charge in [0.25, 0.3) is 0 Å². The van der Waals surface area contributed by atoms with E-state index in [0.717, 1.165) is 11.1 Å². The van der Waals surface area contributed by atoms with Gasteiger partial charge in [-0.15, -0.1) is 0 Å². The molecular weight excluding hydrogens is 362 g/mol. The van der Waals surface area contributed by atoms with E-state index in [-0.39, 0.29) is 16.6 Å². The van der Waals surface area contributed by atoms with Crippen LogP contribution in [0, 0.1) is 0 Å². The molecule has 7 heteroatoms. The molecule has 1 aliphatic rings. The Morgan fingerprint density at radius 1 is 1.00 bits per heavy atom. The molecular formula is C21H33NO6. The molecule has 1 heterocycles. The van der Waals surface area contributed by atoms with E-state index in [4.69, 9.17) is 9.84 Å². The normalized spacial score (nSPS) is 29.4. The van der Waals surface area contributed by atoms with Gasteiger partial charge in [-0.3, -0.25) is 4.99 Å². The number of aliphatic hydroxyl groups is 4. The molecule has 1 aromatic rings. The summed E-state index contributed by atoms with van der Waals surface area (Å²) < 4.78 is 5.12. The third kappa shape index (κ3) is 4.72. The fraction of sp³-hybridized carbons (Fsp3) is 0.667. The van der Waals surface area contributed by atoms with E-state index in [0.29, 0.717) is 5.56 Å². The zero-order chi connectivity index (χ0) is 21.4. The van der Waals surface area contributed by atoms with Crippen molar-refractivity contribution < 1.29 is 30.3 Å². The van der Waals surface area contributed by atoms with Crippen LogP contribution in [-0.2, 0) is 15.6 Å². The molecule has 7 nitrogen and oxygen atoms in total. The van der Waals surface area contributed by atoms with E-state index < -0.39 is 37.3 Å². The van der Waals surface area contributed by atoms with Gasteiger partial charge in [-0.05, 0) is 22.5 Å². The van der Waals surface area contributed by atoms with Crippen molar-refractivity contribution in [1.82, 2.24) is 0 Å². The molecule has 0 amide bonds. The van der Waals surface area contributed by atoms with Crippen molar-refractivity contribution >= 4 is 6.21 Å². The molecule has 0 aliphatic carbocycles. The van der Waals surface area contributed by atoms with Crippen LogP contribution in [0.3, 0.4) is 0 Å². The Hall–Kier alpha value is -1.51. The minimum atomic E-state index is -1.48. The zero-order valence-electron chi connectivity index (χ0n) is 17.4. The van der Waals surface area contributed by atoms with Crippen LogP contribution in [0.25, 0.3) is 0 Å². The van der Waals surface area contributed by atoms with Crippen LogP contribution >= 0.6 is 0 Å². The average Bonchev–Trinajstić information content (AvgIpc) is 2.57. The lowest BCUT2D eigenvalue weighted by Crippen LogP contribution is -2.57. The largest absolute Gasteiger partial charge is 0.507 e. The lowest BCUT2D eigenvalue weighted by atomic mass is 9.79. The van der Waals surface area contributed by atoms with Crippen LogP contribution in [-0.4, -0.2) is 69.0 Å². The summed E-state index contributed by atoms with van der Waals surface area (Å²) in [5.41, 5.74) is 1.77. The van der Waals surface area contributed by atoms with E-state index in [1.807, 2.05) is 32.9 Å². The van der Waals surface area contributed by atoms with Crippen molar-refractivity contribution in [2.75, 3.05) is 6.61 Å². The van der Waals surface area contributed by atoms with Crippen molar-refractivity contribution in [2.24, 2.45) is 4.99 Å². The average molecular weight is 395 g/mol. The number of hydrogen-bond acceptors (Lipinski definition) is 7. The van der Waals surface area contributed by atoms with Gasteiger partial charge in [-0.25, -0.2) is 0 Å². The predicted octanol–water partition coefficient (Wildman–Crippen LogP) is 1.21. The number of nitrogens with zero attached hydrogens (tertiary/aromatic N) is 1. The number of aliphatic imine (C=N–C) groups is 1. The highest BCUT2D eigenvalue weighted by atomic mass is 16.6. The fourth-order valence-electron chi connectivity index (χ4n) is 3.17. The molecule has 28 heavy (non-hydrogen) atoms. The molecule has 5 N–H and O–H groups in total. The quantitative estimate of drug-likeness (QED) is 0.490. The molecule has 158 valence electrons. The Bertz CT molecular complexity index is 719. The summed E-state index contributed by atoms with van der Waals surface area (Å²) in [6.07, 6.45) is -3.97. The van der Waals surface area contributed by atoms with Crippen LogP contribution in [0.1, 0.15) is 58.2 Å². The van der Waals surface area contributed by atoms with Gasteiger partial charge in [-0.2, -0.15) is 0 Å². The Balaban J connectivity index is 2.45. The van der Waals surface area contributed by atoms with E-state index in [1.54, 1.807) is 0 Å². The minimum Gasteiger partial charge on any atom is -0.507 e. The summed E-state index contributed by atoms with van der Waals surface area (Å²) in [6.45, 7) is 11.7. The van der Waals surface area contributed by atoms with Crippen LogP contribution in [0.5, 0.6) is 5.75 Å². The molecule has 2 rings (SSSR count). The number of rotatable bonds is 3. The highest BCUT2D eigenvalue weighted by Crippen LogP contribution is 2.37. The number of aromatic hydroxyl groups is 1. The van der Waals surface area contributed by atoms with Gasteiger partial charge in [0, 0.05) is 17.3 Å². The summed E-state index contributed by atoms with van der Waals surface area (Å²) in [4.78, 5) is 4.19. The van der Waals surface area contributed by atoms with Gasteiger partial charge in [0.15, 0.2) is 6.29 Å². The summed E-state index contributed by atoms with van der Waals surface area (Å²) in [7, 11) is 0. The first-order valence-electron chi connectivity index (χ1n) is 9.49. The van der Waals surface area contributed by atoms with Crippen molar-refractivity contribution in [3.05, 3.63) is 28.8 Å². The first kappa shape index (κ1) is 22.8. The van der Waals surface area contributed by atoms with E-state index >= 15 is 0 Å². The molecule has 0 radical (unpaired) electrons. The second-order valence-corrected chi connectivity index (χ2v) is 9.46. The smallest absolute Gasteiger partial charge is 0.180 e. The van der Waals surface area contributed by atoms with Crippen LogP contribution in [0.15, 0.2) is 17.1 Å². The van der Waals surface area contributed by atoms with Crippen LogP contribution < -0.4 is 0 Å². The SMILES string of the molecule is CC(C)(C)c1cc(C=N[C@H]2C(O)O[C@H](CO)[C@@H](O)[C@@H]2O)c(O)c(C(C)(C)C)c1. The van der Waals surface area contributed by atoms with Crippen LogP contribution in [0.4, 0.5) is 0 Å². The van der Waals surface area contributed by atoms with Crippen molar-refractivity contribution in [1.29, 1.82) is 0 Å². The molecule has 0 spiro atoms. The molecule has 1 saturated heterocycles. The van der Waals surface area contributed by atoms with Gasteiger partial charge in [0.1, 0.15) is 30.1 Å². The molecule has 1 aromatic carbocycles. The fourth-order valence-corrected chi connectivity index (χ4v) is 3.17. The third-order valence-electron chi connectivity index (χ3n) is 5.07. The Kier molecular flexibility index (Phi) is 6.57. The number of phenolic OH excluding ortho intramolecular Hbond substituents is 1. The number of hydrogen-bond donors (Lipinski definition) is 5. The van der Waals surface area contributed by atoms with Crippen molar-refractivity contribution in [2.45, 2.75) is 83.0 Å². The summed E-state index contributed by atoms with van der Waals surface area (Å²) in [5, 5.41) is 50.3. The van der Waals surface area contributed by atoms with Gasteiger partial charge >= 0.3 is 0 Å². The van der Waals surface area contributed by atoms with Crippen molar-refractivity contribution in [3.8, 4) is 5.75 Å². The predicted molar refractivity (Wildman–Crippen MR) is 107 cm³/mol. The number of aliphatic hydroxyl groups excluding tert-OH is 4. The molecule has 0 saturated carbocycles. The molecule has 0 aromatic heterocycles. The molecule has 1 fully saturated rings. The topological polar surface area (TPSA) is 123 Å². The first-order chi connectivity index (χ1) is 12.8. The van der Waals surface area contributed by atoms with Gasteiger partial charge in [-0.1, -0.05) is 47.6 Å². The standard InChI is InChI=1S/C21H33NO6/c1-20(2,3)12-7-11(16(24)13(8-12)21(4,5)6)9-22-15-18(26)17(25)14(10-23)28-19(15)27/h7-9,14-15,17-19,23-27H,10H2,1-6H3/t14-,15-,17-,18-,19?/m1/s1. The highest BCUT2D eigenvalue weighted by molar-refractivity contribution is 5.85. The zero-order valence-corrected chi connectivity index (χ0v) is 17.4. The lowest BCUT2D eigenvalue weighted by Gasteiger charge is -2.38. The monoisotopic (exact) mass is 395 g/mol. The maximum atomic E-state index is 10.8. The van der Waals surface area contributed by atoms with Crippen LogP contribution in [0.2, 0.25) is 0 Å². The molecule has 1 aliphatic heterocycles. The van der Waals surface area contributed by atoms with E-state index in [2.05, 4.69) is 25.8 Å². The Labute approximate surface area is 166 Å². The van der Waals surface area contributed by atoms with E-state index in [9.17, 15) is 20.4 Å². The van der Waals surface area contributed by atoms with E-state index in [1.165, 1.54) is 6.21 Å². The summed E-state index contributed by atoms with van der Waals surface area (Å²) in [6, 6.07) is 2.66. The Morgan fingerprint density at radius 3 is 2.11 bits per heavy atom. The summed E-state index contributed by atoms with van der Waals surface area (Å²) >= 11 is 0. The second kappa shape index (κ2) is 8.08. The third-order valence-corrected chi connectivity index (χ3v) is 5.07. The van der Waals surface area contributed by atoms with Gasteiger partial charge in [0.2, 0.25) is 0 Å². The Morgan fingerprint density at radius 2 is 1.61 bits per heavy atom. The maximum Gasteiger partial charge on any atom is 0.180 e. The lowest BCUT2D eigenvalue weighted by molar-refractivity contribution is -0.248. The molecule has 1 unspecified atom stereocenters. The molecule has 0 bridgehead atoms. The number of benzene rings is 1. The minimum absolute atomic E-state index is 0.0822. The highest BCUT2D eigenvalue weighted by Gasteiger charge is 2.43. The second-order valence-electron chi connectivity index (χ2n) is 9.46.